The Kier molecular flexibility index (Phi) is 5.44. The number of carboxylic acids is 1. The van der Waals surface area contributed by atoms with Gasteiger partial charge in [0.1, 0.15) is 0 Å². The molecule has 1 fully saturated rings. The Balaban J connectivity index is 2.59. The Morgan fingerprint density at radius 1 is 1.29 bits per heavy atom. The molecule has 1 aliphatic rings. The molecule has 0 aliphatic heterocycles. The van der Waals surface area contributed by atoms with Crippen molar-refractivity contribution in [2.45, 2.75) is 53.0 Å². The lowest BCUT2D eigenvalue weighted by atomic mass is 9.78. The third-order valence-corrected chi connectivity index (χ3v) is 4.02. The molecule has 3 atom stereocenters. The summed E-state index contributed by atoms with van der Waals surface area (Å²) < 4.78 is 0. The predicted octanol–water partition coefficient (Wildman–Crippen LogP) is 2.85. The van der Waals surface area contributed by atoms with Crippen LogP contribution in [0.15, 0.2) is 0 Å². The van der Waals surface area contributed by atoms with Gasteiger partial charge in [-0.3, -0.25) is 9.69 Å². The third kappa shape index (κ3) is 4.66. The second kappa shape index (κ2) is 6.39. The maximum Gasteiger partial charge on any atom is 0.317 e. The first kappa shape index (κ1) is 14.5. The third-order valence-electron chi connectivity index (χ3n) is 4.02. The SMILES string of the molecule is CC(C)CN(CC(=O)O)C1CCC(C)C(C)C1. The summed E-state index contributed by atoms with van der Waals surface area (Å²) >= 11 is 0. The van der Waals surface area contributed by atoms with Gasteiger partial charge in [0.25, 0.3) is 0 Å². The highest BCUT2D eigenvalue weighted by atomic mass is 16.4. The van der Waals surface area contributed by atoms with Crippen LogP contribution in [0.2, 0.25) is 0 Å². The zero-order chi connectivity index (χ0) is 13.0. The van der Waals surface area contributed by atoms with Gasteiger partial charge in [-0.25, -0.2) is 0 Å². The Labute approximate surface area is 105 Å². The molecular formula is C14H27NO2. The molecule has 17 heavy (non-hydrogen) atoms. The van der Waals surface area contributed by atoms with Gasteiger partial charge in [-0.2, -0.15) is 0 Å². The zero-order valence-electron chi connectivity index (χ0n) is 11.6. The highest BCUT2D eigenvalue weighted by Crippen LogP contribution is 2.32. The van der Waals surface area contributed by atoms with Crippen LogP contribution in [0, 0.1) is 17.8 Å². The smallest absolute Gasteiger partial charge is 0.317 e. The van der Waals surface area contributed by atoms with Crippen molar-refractivity contribution in [2.75, 3.05) is 13.1 Å². The summed E-state index contributed by atoms with van der Waals surface area (Å²) in [5.41, 5.74) is 0. The van der Waals surface area contributed by atoms with Crippen LogP contribution in [0.3, 0.4) is 0 Å². The number of hydrogen-bond acceptors (Lipinski definition) is 2. The van der Waals surface area contributed by atoms with Crippen LogP contribution in [-0.4, -0.2) is 35.1 Å². The topological polar surface area (TPSA) is 40.5 Å². The average molecular weight is 241 g/mol. The van der Waals surface area contributed by atoms with E-state index in [9.17, 15) is 4.79 Å². The van der Waals surface area contributed by atoms with Crippen LogP contribution in [0.25, 0.3) is 0 Å². The lowest BCUT2D eigenvalue weighted by molar-refractivity contribution is -0.139. The van der Waals surface area contributed by atoms with E-state index in [1.807, 2.05) is 0 Å². The van der Waals surface area contributed by atoms with Crippen molar-refractivity contribution >= 4 is 5.97 Å². The largest absolute Gasteiger partial charge is 0.480 e. The van der Waals surface area contributed by atoms with Gasteiger partial charge >= 0.3 is 5.97 Å². The first-order valence-corrected chi connectivity index (χ1v) is 6.86. The van der Waals surface area contributed by atoms with Gasteiger partial charge in [-0.05, 0) is 37.0 Å². The van der Waals surface area contributed by atoms with Gasteiger partial charge in [-0.1, -0.05) is 27.7 Å². The lowest BCUT2D eigenvalue weighted by Gasteiger charge is -2.39. The molecule has 0 radical (unpaired) electrons. The summed E-state index contributed by atoms with van der Waals surface area (Å²) in [5.74, 6) is 1.34. The van der Waals surface area contributed by atoms with E-state index < -0.39 is 5.97 Å². The van der Waals surface area contributed by atoms with E-state index in [-0.39, 0.29) is 6.54 Å². The molecule has 0 spiro atoms. The van der Waals surface area contributed by atoms with E-state index in [1.54, 1.807) is 0 Å². The molecule has 0 aromatic heterocycles. The normalized spacial score (nSPS) is 29.9. The van der Waals surface area contributed by atoms with E-state index >= 15 is 0 Å². The van der Waals surface area contributed by atoms with Crippen molar-refractivity contribution in [2.24, 2.45) is 17.8 Å². The van der Waals surface area contributed by atoms with E-state index in [4.69, 9.17) is 5.11 Å². The minimum atomic E-state index is -0.697. The first-order valence-electron chi connectivity index (χ1n) is 6.86. The number of rotatable bonds is 5. The molecule has 0 bridgehead atoms. The van der Waals surface area contributed by atoms with Crippen LogP contribution >= 0.6 is 0 Å². The van der Waals surface area contributed by atoms with Crippen LogP contribution in [0.4, 0.5) is 0 Å². The molecule has 0 heterocycles. The molecule has 3 nitrogen and oxygen atoms in total. The van der Waals surface area contributed by atoms with Gasteiger partial charge in [0, 0.05) is 12.6 Å². The van der Waals surface area contributed by atoms with Crippen molar-refractivity contribution in [3.8, 4) is 0 Å². The molecular weight excluding hydrogens is 214 g/mol. The molecule has 1 aliphatic carbocycles. The lowest BCUT2D eigenvalue weighted by Crippen LogP contribution is -2.44. The van der Waals surface area contributed by atoms with Crippen molar-refractivity contribution in [1.29, 1.82) is 0 Å². The molecule has 1 rings (SSSR count). The first-order chi connectivity index (χ1) is 7.90. The standard InChI is InChI=1S/C14H27NO2/c1-10(2)8-15(9-14(16)17)13-6-5-11(3)12(4)7-13/h10-13H,5-9H2,1-4H3,(H,16,17). The molecule has 0 saturated heterocycles. The van der Waals surface area contributed by atoms with Crippen molar-refractivity contribution in [3.63, 3.8) is 0 Å². The zero-order valence-corrected chi connectivity index (χ0v) is 11.6. The van der Waals surface area contributed by atoms with Gasteiger partial charge in [0.05, 0.1) is 6.54 Å². The monoisotopic (exact) mass is 241 g/mol. The number of hydrogen-bond donors (Lipinski definition) is 1. The summed E-state index contributed by atoms with van der Waals surface area (Å²) in [7, 11) is 0. The Morgan fingerprint density at radius 3 is 2.41 bits per heavy atom. The minimum Gasteiger partial charge on any atom is -0.480 e. The van der Waals surface area contributed by atoms with Crippen molar-refractivity contribution in [1.82, 2.24) is 4.90 Å². The maximum absolute atomic E-state index is 10.9. The molecule has 1 N–H and O–H groups in total. The Morgan fingerprint density at radius 2 is 1.94 bits per heavy atom. The second-order valence-electron chi connectivity index (χ2n) is 6.14. The molecule has 1 saturated carbocycles. The highest BCUT2D eigenvalue weighted by Gasteiger charge is 2.29. The number of carbonyl (C=O) groups is 1. The van der Waals surface area contributed by atoms with E-state index in [0.717, 1.165) is 31.2 Å². The highest BCUT2D eigenvalue weighted by molar-refractivity contribution is 5.69. The number of nitrogens with zero attached hydrogens (tertiary/aromatic N) is 1. The van der Waals surface area contributed by atoms with E-state index in [2.05, 4.69) is 32.6 Å². The van der Waals surface area contributed by atoms with Gasteiger partial charge < -0.3 is 5.11 Å². The number of carboxylic acid groups (broad SMARTS) is 1. The Hall–Kier alpha value is -0.570. The summed E-state index contributed by atoms with van der Waals surface area (Å²) in [6.07, 6.45) is 3.55. The quantitative estimate of drug-likeness (QED) is 0.804. The fraction of sp³-hybridized carbons (Fsp3) is 0.929. The van der Waals surface area contributed by atoms with Gasteiger partial charge in [0.2, 0.25) is 0 Å². The molecule has 0 amide bonds. The number of aliphatic carboxylic acids is 1. The van der Waals surface area contributed by atoms with Crippen molar-refractivity contribution in [3.05, 3.63) is 0 Å². The average Bonchev–Trinajstić information content (AvgIpc) is 2.19. The molecule has 3 unspecified atom stereocenters. The van der Waals surface area contributed by atoms with Crippen LogP contribution in [0.1, 0.15) is 47.0 Å². The Bertz CT molecular complexity index is 253. The summed E-state index contributed by atoms with van der Waals surface area (Å²) in [6, 6.07) is 0.472. The van der Waals surface area contributed by atoms with Gasteiger partial charge in [-0.15, -0.1) is 0 Å². The van der Waals surface area contributed by atoms with E-state index in [0.29, 0.717) is 12.0 Å². The second-order valence-corrected chi connectivity index (χ2v) is 6.14. The molecule has 0 aromatic rings. The summed E-state index contributed by atoms with van der Waals surface area (Å²) in [6.45, 7) is 10.0. The minimum absolute atomic E-state index is 0.198. The van der Waals surface area contributed by atoms with Gasteiger partial charge in [0.15, 0.2) is 0 Å². The fourth-order valence-electron chi connectivity index (χ4n) is 2.84. The predicted molar refractivity (Wildman–Crippen MR) is 70.0 cm³/mol. The molecule has 0 aromatic carbocycles. The van der Waals surface area contributed by atoms with Crippen LogP contribution in [-0.2, 0) is 4.79 Å². The van der Waals surface area contributed by atoms with E-state index in [1.165, 1.54) is 6.42 Å². The maximum atomic E-state index is 10.9. The fourth-order valence-corrected chi connectivity index (χ4v) is 2.84. The molecule has 100 valence electrons. The van der Waals surface area contributed by atoms with Crippen molar-refractivity contribution < 1.29 is 9.90 Å². The summed E-state index contributed by atoms with van der Waals surface area (Å²) in [4.78, 5) is 13.1. The van der Waals surface area contributed by atoms with Crippen LogP contribution in [0.5, 0.6) is 0 Å². The van der Waals surface area contributed by atoms with Crippen LogP contribution < -0.4 is 0 Å². The molecule has 3 heteroatoms. The summed E-state index contributed by atoms with van der Waals surface area (Å²) in [5, 5.41) is 9.00.